The molecule has 0 saturated carbocycles. The maximum atomic E-state index is 5.35. The molecule has 0 N–H and O–H groups in total. The largest absolute Gasteiger partial charge is 0.383 e. The van der Waals surface area contributed by atoms with Crippen LogP contribution in [-0.4, -0.2) is 61.2 Å². The second kappa shape index (κ2) is 8.09. The van der Waals surface area contributed by atoms with Gasteiger partial charge in [-0.25, -0.2) is 0 Å². The van der Waals surface area contributed by atoms with Crippen molar-refractivity contribution < 1.29 is 4.74 Å². The summed E-state index contributed by atoms with van der Waals surface area (Å²) in [6.07, 6.45) is 1.22. The summed E-state index contributed by atoms with van der Waals surface area (Å²) in [6, 6.07) is 17.6. The fourth-order valence-corrected chi connectivity index (χ4v) is 5.05. The number of fused-ring (bicyclic) bond motifs is 1. The zero-order valence-electron chi connectivity index (χ0n) is 16.6. The molecule has 27 heavy (non-hydrogen) atoms. The Morgan fingerprint density at radius 2 is 1.89 bits per heavy atom. The minimum absolute atomic E-state index is 0.283. The van der Waals surface area contributed by atoms with E-state index in [1.165, 1.54) is 17.7 Å². The maximum absolute atomic E-state index is 5.35. The Morgan fingerprint density at radius 1 is 1.07 bits per heavy atom. The third-order valence-corrected chi connectivity index (χ3v) is 6.41. The van der Waals surface area contributed by atoms with E-state index in [0.29, 0.717) is 5.92 Å². The number of rotatable bonds is 6. The van der Waals surface area contributed by atoms with E-state index in [9.17, 15) is 0 Å². The summed E-state index contributed by atoms with van der Waals surface area (Å²) in [5.74, 6) is 0.662. The van der Waals surface area contributed by atoms with E-state index in [4.69, 9.17) is 9.72 Å². The monoisotopic (exact) mass is 365 g/mol. The normalized spacial score (nSPS) is 26.2. The highest BCUT2D eigenvalue weighted by molar-refractivity contribution is 5.30. The molecule has 0 bridgehead atoms. The number of nitrogens with zero attached hydrogens (tertiary/aromatic N) is 3. The molecule has 2 aromatic rings. The Labute approximate surface area is 163 Å². The first-order valence-electron chi connectivity index (χ1n) is 10.1. The van der Waals surface area contributed by atoms with Crippen molar-refractivity contribution in [2.45, 2.75) is 25.3 Å². The first-order chi connectivity index (χ1) is 13.2. The van der Waals surface area contributed by atoms with E-state index in [1.807, 2.05) is 0 Å². The predicted molar refractivity (Wildman–Crippen MR) is 109 cm³/mol. The summed E-state index contributed by atoms with van der Waals surface area (Å²) in [4.78, 5) is 9.93. The lowest BCUT2D eigenvalue weighted by molar-refractivity contribution is 0.116. The highest BCUT2D eigenvalue weighted by Gasteiger charge is 2.50. The van der Waals surface area contributed by atoms with Crippen LogP contribution in [0.2, 0.25) is 0 Å². The van der Waals surface area contributed by atoms with Crippen molar-refractivity contribution in [1.82, 2.24) is 14.8 Å². The van der Waals surface area contributed by atoms with Crippen molar-refractivity contribution in [3.05, 3.63) is 65.5 Å². The smallest absolute Gasteiger partial charge is 0.0589 e. The Bertz CT molecular complexity index is 750. The molecular formula is C23H31N3O. The van der Waals surface area contributed by atoms with Crippen LogP contribution in [0.3, 0.4) is 0 Å². The molecule has 2 aliphatic heterocycles. The average Bonchev–Trinajstić information content (AvgIpc) is 3.06. The summed E-state index contributed by atoms with van der Waals surface area (Å²) in [6.45, 7) is 9.48. The average molecular weight is 366 g/mol. The van der Waals surface area contributed by atoms with Gasteiger partial charge in [0.2, 0.25) is 0 Å². The van der Waals surface area contributed by atoms with Gasteiger partial charge in [-0.05, 0) is 43.5 Å². The van der Waals surface area contributed by atoms with Crippen molar-refractivity contribution in [2.24, 2.45) is 5.92 Å². The number of likely N-dealkylation sites (tertiary alicyclic amines) is 2. The van der Waals surface area contributed by atoms with Gasteiger partial charge in [0.25, 0.3) is 0 Å². The van der Waals surface area contributed by atoms with Gasteiger partial charge in [-0.15, -0.1) is 0 Å². The molecule has 2 aliphatic rings. The zero-order valence-corrected chi connectivity index (χ0v) is 16.6. The van der Waals surface area contributed by atoms with Gasteiger partial charge in [0.1, 0.15) is 0 Å². The molecule has 3 heterocycles. The number of methoxy groups -OCH3 is 1. The van der Waals surface area contributed by atoms with E-state index in [0.717, 1.165) is 51.6 Å². The van der Waals surface area contributed by atoms with Crippen LogP contribution in [0.25, 0.3) is 0 Å². The SMILES string of the molecule is COCCN1C[C@H]2CN(Cc3cccc(C)n3)CC[C@@]2(c2ccccc2)C1. The van der Waals surface area contributed by atoms with E-state index in [2.05, 4.69) is 65.3 Å². The Balaban J connectivity index is 1.52. The van der Waals surface area contributed by atoms with Gasteiger partial charge in [0.05, 0.1) is 12.3 Å². The van der Waals surface area contributed by atoms with Crippen molar-refractivity contribution in [3.63, 3.8) is 0 Å². The Morgan fingerprint density at radius 3 is 2.67 bits per heavy atom. The second-order valence-corrected chi connectivity index (χ2v) is 8.20. The van der Waals surface area contributed by atoms with Crippen LogP contribution >= 0.6 is 0 Å². The number of benzene rings is 1. The van der Waals surface area contributed by atoms with Crippen LogP contribution in [0.5, 0.6) is 0 Å². The molecule has 0 unspecified atom stereocenters. The summed E-state index contributed by atoms with van der Waals surface area (Å²) < 4.78 is 5.35. The molecular weight excluding hydrogens is 334 g/mol. The molecule has 4 nitrogen and oxygen atoms in total. The zero-order chi connectivity index (χ0) is 18.7. The van der Waals surface area contributed by atoms with Gasteiger partial charge < -0.3 is 4.74 Å². The standard InChI is InChI=1S/C23H31N3O/c1-19-7-6-10-22(24-19)17-25-12-11-23(20-8-4-3-5-9-20)18-26(13-14-27-2)16-21(23)15-25/h3-10,21H,11-18H2,1-2H3/t21-,23+/m1/s1. The number of piperidine rings is 1. The van der Waals surface area contributed by atoms with Gasteiger partial charge in [0.15, 0.2) is 0 Å². The van der Waals surface area contributed by atoms with Crippen molar-refractivity contribution in [2.75, 3.05) is 46.4 Å². The van der Waals surface area contributed by atoms with Crippen LogP contribution in [0, 0.1) is 12.8 Å². The van der Waals surface area contributed by atoms with Crippen molar-refractivity contribution in [3.8, 4) is 0 Å². The van der Waals surface area contributed by atoms with Gasteiger partial charge in [-0.1, -0.05) is 36.4 Å². The summed E-state index contributed by atoms with van der Waals surface area (Å²) in [5, 5.41) is 0. The fraction of sp³-hybridized carbons (Fsp3) is 0.522. The highest BCUT2D eigenvalue weighted by Crippen LogP contribution is 2.45. The number of pyridine rings is 1. The molecule has 0 spiro atoms. The van der Waals surface area contributed by atoms with Crippen LogP contribution in [-0.2, 0) is 16.7 Å². The molecule has 2 saturated heterocycles. The first kappa shape index (κ1) is 18.6. The molecule has 0 aliphatic carbocycles. The maximum Gasteiger partial charge on any atom is 0.0589 e. The van der Waals surface area contributed by atoms with Gasteiger partial charge in [0, 0.05) is 50.9 Å². The fourth-order valence-electron chi connectivity index (χ4n) is 5.05. The minimum atomic E-state index is 0.283. The molecule has 144 valence electrons. The van der Waals surface area contributed by atoms with Gasteiger partial charge >= 0.3 is 0 Å². The third-order valence-electron chi connectivity index (χ3n) is 6.41. The van der Waals surface area contributed by atoms with Crippen molar-refractivity contribution in [1.29, 1.82) is 0 Å². The Kier molecular flexibility index (Phi) is 5.58. The lowest BCUT2D eigenvalue weighted by Gasteiger charge is -2.44. The predicted octanol–water partition coefficient (Wildman–Crippen LogP) is 3.11. The van der Waals surface area contributed by atoms with Crippen molar-refractivity contribution >= 4 is 0 Å². The van der Waals surface area contributed by atoms with E-state index < -0.39 is 0 Å². The third kappa shape index (κ3) is 3.93. The van der Waals surface area contributed by atoms with Crippen LogP contribution in [0.15, 0.2) is 48.5 Å². The van der Waals surface area contributed by atoms with E-state index in [-0.39, 0.29) is 5.41 Å². The summed E-state index contributed by atoms with van der Waals surface area (Å²) in [7, 11) is 1.80. The molecule has 2 fully saturated rings. The number of hydrogen-bond donors (Lipinski definition) is 0. The lowest BCUT2D eigenvalue weighted by Crippen LogP contribution is -2.49. The number of aryl methyl sites for hydroxylation is 1. The first-order valence-corrected chi connectivity index (χ1v) is 10.1. The number of hydrogen-bond acceptors (Lipinski definition) is 4. The van der Waals surface area contributed by atoms with Crippen LogP contribution < -0.4 is 0 Å². The number of aromatic nitrogens is 1. The molecule has 1 aromatic heterocycles. The highest BCUT2D eigenvalue weighted by atomic mass is 16.5. The summed E-state index contributed by atoms with van der Waals surface area (Å²) in [5.41, 5.74) is 4.10. The molecule has 0 amide bonds. The van der Waals surface area contributed by atoms with Gasteiger partial charge in [-0.3, -0.25) is 14.8 Å². The second-order valence-electron chi connectivity index (χ2n) is 8.20. The van der Waals surface area contributed by atoms with E-state index in [1.54, 1.807) is 7.11 Å². The molecule has 1 aromatic carbocycles. The summed E-state index contributed by atoms with van der Waals surface area (Å²) >= 11 is 0. The molecule has 2 atom stereocenters. The topological polar surface area (TPSA) is 28.6 Å². The lowest BCUT2D eigenvalue weighted by atomic mass is 9.68. The molecule has 0 radical (unpaired) electrons. The molecule has 4 rings (SSSR count). The van der Waals surface area contributed by atoms with Crippen LogP contribution in [0.1, 0.15) is 23.4 Å². The van der Waals surface area contributed by atoms with Gasteiger partial charge in [-0.2, -0.15) is 0 Å². The Hall–Kier alpha value is -1.75. The van der Waals surface area contributed by atoms with E-state index >= 15 is 0 Å². The minimum Gasteiger partial charge on any atom is -0.383 e. The quantitative estimate of drug-likeness (QED) is 0.786. The van der Waals surface area contributed by atoms with Crippen LogP contribution in [0.4, 0.5) is 0 Å². The molecule has 4 heteroatoms. The number of ether oxygens (including phenoxy) is 1.